The lowest BCUT2D eigenvalue weighted by Gasteiger charge is -2.23. The van der Waals surface area contributed by atoms with Crippen LogP contribution >= 0.6 is 11.6 Å². The van der Waals surface area contributed by atoms with E-state index in [1.165, 1.54) is 18.6 Å². The molecule has 1 fully saturated rings. The zero-order valence-electron chi connectivity index (χ0n) is 17.3. The van der Waals surface area contributed by atoms with Crippen molar-refractivity contribution in [1.82, 2.24) is 9.88 Å². The summed E-state index contributed by atoms with van der Waals surface area (Å²) < 4.78 is 1.71. The Bertz CT molecular complexity index is 1180. The van der Waals surface area contributed by atoms with E-state index >= 15 is 0 Å². The first-order valence-corrected chi connectivity index (χ1v) is 10.9. The van der Waals surface area contributed by atoms with Crippen molar-refractivity contribution in [3.8, 4) is 0 Å². The van der Waals surface area contributed by atoms with Crippen molar-refractivity contribution in [2.45, 2.75) is 44.7 Å². The summed E-state index contributed by atoms with van der Waals surface area (Å²) in [7, 11) is 0. The number of carbonyl (C=O) groups excluding carboxylic acids is 2. The molecule has 8 nitrogen and oxygen atoms in total. The summed E-state index contributed by atoms with van der Waals surface area (Å²) in [6.07, 6.45) is 7.05. The molecular weight excluding hydrogens is 432 g/mol. The van der Waals surface area contributed by atoms with Gasteiger partial charge >= 0.3 is 0 Å². The number of nitrogens with zero attached hydrogens (tertiary/aromatic N) is 2. The lowest BCUT2D eigenvalue weighted by atomic mass is 9.95. The third-order valence-electron chi connectivity index (χ3n) is 5.71. The van der Waals surface area contributed by atoms with Crippen LogP contribution in [0, 0.1) is 10.1 Å². The van der Waals surface area contributed by atoms with Gasteiger partial charge in [-0.2, -0.15) is 0 Å². The van der Waals surface area contributed by atoms with Crippen LogP contribution in [0.3, 0.4) is 0 Å². The number of fused-ring (bicyclic) bond motifs is 1. The fourth-order valence-electron chi connectivity index (χ4n) is 4.08. The third-order valence-corrected chi connectivity index (χ3v) is 6.04. The van der Waals surface area contributed by atoms with Crippen molar-refractivity contribution < 1.29 is 14.5 Å². The van der Waals surface area contributed by atoms with Crippen molar-refractivity contribution >= 4 is 45.7 Å². The zero-order chi connectivity index (χ0) is 22.7. The number of amides is 2. The standard InChI is InChI=1S/C23H23ClN4O4/c24-20-8-6-17(13-19(20)23(30)26-16-4-2-1-3-5-16)25-22(29)14-27-11-10-15-12-18(28(31)32)7-9-21(15)27/h6-13,16H,1-5,14H2,(H,25,29)(H,26,30). The molecule has 0 aliphatic heterocycles. The second-order valence-corrected chi connectivity index (χ2v) is 8.40. The van der Waals surface area contributed by atoms with E-state index in [0.29, 0.717) is 21.7 Å². The molecule has 2 N–H and O–H groups in total. The maximum absolute atomic E-state index is 12.7. The number of nitro benzene ring substituents is 1. The van der Waals surface area contributed by atoms with Gasteiger partial charge in [-0.3, -0.25) is 19.7 Å². The Labute approximate surface area is 189 Å². The minimum atomic E-state index is -0.452. The van der Waals surface area contributed by atoms with Gasteiger partial charge in [0.15, 0.2) is 0 Å². The van der Waals surface area contributed by atoms with E-state index in [0.717, 1.165) is 31.2 Å². The smallest absolute Gasteiger partial charge is 0.270 e. The zero-order valence-corrected chi connectivity index (χ0v) is 18.1. The Balaban J connectivity index is 1.44. The second kappa shape index (κ2) is 9.40. The van der Waals surface area contributed by atoms with Crippen LogP contribution < -0.4 is 10.6 Å². The number of nitrogens with one attached hydrogen (secondary N) is 2. The van der Waals surface area contributed by atoms with Gasteiger partial charge < -0.3 is 15.2 Å². The Kier molecular flexibility index (Phi) is 6.41. The molecule has 1 heterocycles. The number of hydrogen-bond acceptors (Lipinski definition) is 4. The van der Waals surface area contributed by atoms with E-state index in [1.807, 2.05) is 0 Å². The topological polar surface area (TPSA) is 106 Å². The lowest BCUT2D eigenvalue weighted by Crippen LogP contribution is -2.36. The Morgan fingerprint density at radius 3 is 2.62 bits per heavy atom. The van der Waals surface area contributed by atoms with Crippen LogP contribution in [0.2, 0.25) is 5.02 Å². The molecule has 2 aromatic carbocycles. The highest BCUT2D eigenvalue weighted by atomic mass is 35.5. The number of aromatic nitrogens is 1. The van der Waals surface area contributed by atoms with Crippen LogP contribution in [0.4, 0.5) is 11.4 Å². The van der Waals surface area contributed by atoms with Crippen LogP contribution in [-0.2, 0) is 11.3 Å². The minimum Gasteiger partial charge on any atom is -0.349 e. The van der Waals surface area contributed by atoms with Gasteiger partial charge in [-0.25, -0.2) is 0 Å². The molecule has 1 aliphatic carbocycles. The molecule has 166 valence electrons. The largest absolute Gasteiger partial charge is 0.349 e. The van der Waals surface area contributed by atoms with Crippen LogP contribution in [0.15, 0.2) is 48.7 Å². The molecule has 2 amide bonds. The third kappa shape index (κ3) is 4.91. The summed E-state index contributed by atoms with van der Waals surface area (Å²) in [5.41, 5.74) is 1.52. The molecule has 0 saturated heterocycles. The second-order valence-electron chi connectivity index (χ2n) is 8.00. The Morgan fingerprint density at radius 2 is 1.88 bits per heavy atom. The maximum atomic E-state index is 12.7. The van der Waals surface area contributed by atoms with E-state index in [1.54, 1.807) is 41.1 Å². The van der Waals surface area contributed by atoms with Crippen molar-refractivity contribution in [2.75, 3.05) is 5.32 Å². The van der Waals surface area contributed by atoms with Gasteiger partial charge in [-0.15, -0.1) is 0 Å². The number of carbonyl (C=O) groups is 2. The quantitative estimate of drug-likeness (QED) is 0.408. The van der Waals surface area contributed by atoms with Gasteiger partial charge in [0, 0.05) is 41.0 Å². The van der Waals surface area contributed by atoms with Crippen LogP contribution in [0.1, 0.15) is 42.5 Å². The van der Waals surface area contributed by atoms with Gasteiger partial charge in [0.25, 0.3) is 11.6 Å². The van der Waals surface area contributed by atoms with Gasteiger partial charge in [-0.05, 0) is 43.2 Å². The average Bonchev–Trinajstić information content (AvgIpc) is 3.17. The number of benzene rings is 2. The molecule has 1 saturated carbocycles. The summed E-state index contributed by atoms with van der Waals surface area (Å²) in [5.74, 6) is -0.530. The monoisotopic (exact) mass is 454 g/mol. The summed E-state index contributed by atoms with van der Waals surface area (Å²) >= 11 is 6.24. The molecule has 32 heavy (non-hydrogen) atoms. The lowest BCUT2D eigenvalue weighted by molar-refractivity contribution is -0.384. The van der Waals surface area contributed by atoms with E-state index in [2.05, 4.69) is 10.6 Å². The normalized spacial score (nSPS) is 14.3. The molecule has 9 heteroatoms. The number of halogens is 1. The minimum absolute atomic E-state index is 0.0000940. The fraction of sp³-hybridized carbons (Fsp3) is 0.304. The van der Waals surface area contributed by atoms with Crippen molar-refractivity contribution in [2.24, 2.45) is 0 Å². The SMILES string of the molecule is O=C(Cn1ccc2cc([N+](=O)[O-])ccc21)Nc1ccc(Cl)c(C(=O)NC2CCCCC2)c1. The number of non-ortho nitro benzene ring substituents is 1. The van der Waals surface area contributed by atoms with Crippen molar-refractivity contribution in [3.63, 3.8) is 0 Å². The number of nitro groups is 1. The molecule has 3 aromatic rings. The number of rotatable bonds is 6. The van der Waals surface area contributed by atoms with Crippen LogP contribution in [0.5, 0.6) is 0 Å². The molecule has 1 aliphatic rings. The summed E-state index contributed by atoms with van der Waals surface area (Å²) in [6, 6.07) is 11.2. The first kappa shape index (κ1) is 21.8. The Hall–Kier alpha value is -3.39. The van der Waals surface area contributed by atoms with Gasteiger partial charge in [-0.1, -0.05) is 30.9 Å². The molecule has 0 spiro atoms. The fourth-order valence-corrected chi connectivity index (χ4v) is 4.28. The highest BCUT2D eigenvalue weighted by Crippen LogP contribution is 2.24. The first-order chi connectivity index (χ1) is 15.4. The van der Waals surface area contributed by atoms with Gasteiger partial charge in [0.2, 0.25) is 5.91 Å². The number of hydrogen-bond donors (Lipinski definition) is 2. The average molecular weight is 455 g/mol. The Morgan fingerprint density at radius 1 is 1.09 bits per heavy atom. The molecule has 0 radical (unpaired) electrons. The highest BCUT2D eigenvalue weighted by molar-refractivity contribution is 6.34. The van der Waals surface area contributed by atoms with E-state index < -0.39 is 4.92 Å². The summed E-state index contributed by atoms with van der Waals surface area (Å²) in [5, 5.41) is 17.8. The van der Waals surface area contributed by atoms with Crippen molar-refractivity contribution in [1.29, 1.82) is 0 Å². The summed E-state index contributed by atoms with van der Waals surface area (Å²) in [4.78, 5) is 35.8. The summed E-state index contributed by atoms with van der Waals surface area (Å²) in [6.45, 7) is 0.0214. The van der Waals surface area contributed by atoms with E-state index in [9.17, 15) is 19.7 Å². The molecule has 1 aromatic heterocycles. The molecule has 4 rings (SSSR count). The van der Waals surface area contributed by atoms with Crippen molar-refractivity contribution in [3.05, 3.63) is 69.4 Å². The van der Waals surface area contributed by atoms with Crippen LogP contribution in [-0.4, -0.2) is 27.3 Å². The van der Waals surface area contributed by atoms with Crippen LogP contribution in [0.25, 0.3) is 10.9 Å². The molecule has 0 bridgehead atoms. The predicted molar refractivity (Wildman–Crippen MR) is 123 cm³/mol. The number of anilines is 1. The molecule has 0 unspecified atom stereocenters. The van der Waals surface area contributed by atoms with Gasteiger partial charge in [0.1, 0.15) is 6.54 Å². The molecule has 0 atom stereocenters. The van der Waals surface area contributed by atoms with E-state index in [4.69, 9.17) is 11.6 Å². The van der Waals surface area contributed by atoms with Gasteiger partial charge in [0.05, 0.1) is 15.5 Å². The highest BCUT2D eigenvalue weighted by Gasteiger charge is 2.19. The van der Waals surface area contributed by atoms with E-state index in [-0.39, 0.29) is 30.1 Å². The molecular formula is C23H23ClN4O4. The first-order valence-electron chi connectivity index (χ1n) is 10.5. The maximum Gasteiger partial charge on any atom is 0.270 e. The predicted octanol–water partition coefficient (Wildman–Crippen LogP) is 4.90.